The lowest BCUT2D eigenvalue weighted by Crippen LogP contribution is -1.85. The van der Waals surface area contributed by atoms with Crippen LogP contribution < -0.4 is 0 Å². The highest BCUT2D eigenvalue weighted by molar-refractivity contribution is 9.08. The SMILES string of the molecule is O=Cc1ccc(F)c2c(CBr)csc12. The van der Waals surface area contributed by atoms with Gasteiger partial charge in [-0.05, 0) is 23.1 Å². The van der Waals surface area contributed by atoms with Crippen LogP contribution in [0.2, 0.25) is 0 Å². The Hall–Kier alpha value is -0.740. The van der Waals surface area contributed by atoms with Gasteiger partial charge in [-0.15, -0.1) is 11.3 Å². The van der Waals surface area contributed by atoms with E-state index in [1.807, 2.05) is 5.38 Å². The first-order chi connectivity index (χ1) is 6.77. The predicted octanol–water partition coefficient (Wildman–Crippen LogP) is 3.75. The molecule has 4 heteroatoms. The van der Waals surface area contributed by atoms with E-state index < -0.39 is 0 Å². The molecule has 2 rings (SSSR count). The fourth-order valence-corrected chi connectivity index (χ4v) is 3.10. The van der Waals surface area contributed by atoms with Gasteiger partial charge in [0.15, 0.2) is 6.29 Å². The van der Waals surface area contributed by atoms with Crippen molar-refractivity contribution in [2.75, 3.05) is 0 Å². The number of hydrogen-bond donors (Lipinski definition) is 0. The third-order valence-corrected chi connectivity index (χ3v) is 3.73. The first-order valence-corrected chi connectivity index (χ1v) is 5.97. The first kappa shape index (κ1) is 9.80. The molecule has 72 valence electrons. The van der Waals surface area contributed by atoms with Gasteiger partial charge < -0.3 is 0 Å². The molecule has 0 saturated carbocycles. The second-order valence-electron chi connectivity index (χ2n) is 2.85. The second-order valence-corrected chi connectivity index (χ2v) is 4.29. The van der Waals surface area contributed by atoms with E-state index in [0.717, 1.165) is 16.5 Å². The lowest BCUT2D eigenvalue weighted by atomic mass is 10.1. The molecule has 0 aliphatic carbocycles. The molecule has 1 aromatic carbocycles. The van der Waals surface area contributed by atoms with Crippen molar-refractivity contribution in [1.82, 2.24) is 0 Å². The fraction of sp³-hybridized carbons (Fsp3) is 0.100. The highest BCUT2D eigenvalue weighted by Crippen LogP contribution is 2.31. The Balaban J connectivity index is 2.86. The number of hydrogen-bond acceptors (Lipinski definition) is 2. The molecule has 14 heavy (non-hydrogen) atoms. The second kappa shape index (κ2) is 3.79. The number of carbonyl (C=O) groups excluding carboxylic acids is 1. The lowest BCUT2D eigenvalue weighted by Gasteiger charge is -1.97. The van der Waals surface area contributed by atoms with E-state index in [0.29, 0.717) is 16.3 Å². The van der Waals surface area contributed by atoms with Gasteiger partial charge in [-0.2, -0.15) is 0 Å². The van der Waals surface area contributed by atoms with E-state index in [-0.39, 0.29) is 5.82 Å². The molecular weight excluding hydrogens is 267 g/mol. The fourth-order valence-electron chi connectivity index (χ4n) is 1.38. The summed E-state index contributed by atoms with van der Waals surface area (Å²) in [5, 5.41) is 3.04. The van der Waals surface area contributed by atoms with E-state index in [4.69, 9.17) is 0 Å². The van der Waals surface area contributed by atoms with Gasteiger partial charge in [-0.1, -0.05) is 15.9 Å². The summed E-state index contributed by atoms with van der Waals surface area (Å²) in [7, 11) is 0. The molecule has 0 N–H and O–H groups in total. The Morgan fingerprint density at radius 3 is 2.93 bits per heavy atom. The Labute approximate surface area is 92.7 Å². The van der Waals surface area contributed by atoms with Crippen LogP contribution in [-0.2, 0) is 5.33 Å². The van der Waals surface area contributed by atoms with E-state index in [1.165, 1.54) is 23.5 Å². The molecule has 0 aliphatic rings. The number of rotatable bonds is 2. The first-order valence-electron chi connectivity index (χ1n) is 3.97. The molecule has 0 radical (unpaired) electrons. The zero-order valence-corrected chi connectivity index (χ0v) is 9.49. The summed E-state index contributed by atoms with van der Waals surface area (Å²) in [5.41, 5.74) is 1.45. The minimum Gasteiger partial charge on any atom is -0.298 e. The molecule has 0 spiro atoms. The zero-order chi connectivity index (χ0) is 10.1. The lowest BCUT2D eigenvalue weighted by molar-refractivity contribution is 0.112. The molecule has 0 amide bonds. The van der Waals surface area contributed by atoms with Crippen LogP contribution in [0.25, 0.3) is 10.1 Å². The van der Waals surface area contributed by atoms with Crippen LogP contribution in [-0.4, -0.2) is 6.29 Å². The molecule has 0 saturated heterocycles. The number of aldehydes is 1. The Bertz CT molecular complexity index is 492. The normalized spacial score (nSPS) is 10.7. The number of carbonyl (C=O) groups is 1. The zero-order valence-electron chi connectivity index (χ0n) is 7.09. The van der Waals surface area contributed by atoms with Gasteiger partial charge in [0.05, 0.1) is 0 Å². The molecule has 0 bridgehead atoms. The number of thiophene rings is 1. The maximum Gasteiger partial charge on any atom is 0.151 e. The van der Waals surface area contributed by atoms with E-state index in [2.05, 4.69) is 15.9 Å². The standard InChI is InChI=1S/C10H6BrFOS/c11-3-7-5-14-10-6(4-13)1-2-8(12)9(7)10/h1-2,4-5H,3H2. The Kier molecular flexibility index (Phi) is 2.65. The number of benzene rings is 1. The van der Waals surface area contributed by atoms with Crippen molar-refractivity contribution < 1.29 is 9.18 Å². The Morgan fingerprint density at radius 2 is 2.29 bits per heavy atom. The van der Waals surface area contributed by atoms with Gasteiger partial charge in [-0.3, -0.25) is 4.79 Å². The molecule has 1 heterocycles. The minimum absolute atomic E-state index is 0.263. The molecule has 0 unspecified atom stereocenters. The van der Waals surface area contributed by atoms with Crippen molar-refractivity contribution in [2.45, 2.75) is 5.33 Å². The molecule has 0 atom stereocenters. The van der Waals surface area contributed by atoms with Crippen molar-refractivity contribution in [2.24, 2.45) is 0 Å². The maximum absolute atomic E-state index is 13.5. The summed E-state index contributed by atoms with van der Waals surface area (Å²) in [6.45, 7) is 0. The van der Waals surface area contributed by atoms with E-state index in [9.17, 15) is 9.18 Å². The van der Waals surface area contributed by atoms with Gasteiger partial charge in [0.2, 0.25) is 0 Å². The molecule has 0 aliphatic heterocycles. The maximum atomic E-state index is 13.5. The molecular formula is C10H6BrFOS. The largest absolute Gasteiger partial charge is 0.298 e. The topological polar surface area (TPSA) is 17.1 Å². The van der Waals surface area contributed by atoms with E-state index >= 15 is 0 Å². The third-order valence-electron chi connectivity index (χ3n) is 2.05. The average Bonchev–Trinajstić information content (AvgIpc) is 2.63. The van der Waals surface area contributed by atoms with Crippen LogP contribution in [0.1, 0.15) is 15.9 Å². The predicted molar refractivity (Wildman–Crippen MR) is 59.8 cm³/mol. The third kappa shape index (κ3) is 1.38. The molecule has 1 nitrogen and oxygen atoms in total. The number of alkyl halides is 1. The van der Waals surface area contributed by atoms with Crippen LogP contribution in [0.15, 0.2) is 17.5 Å². The van der Waals surface area contributed by atoms with E-state index in [1.54, 1.807) is 0 Å². The van der Waals surface area contributed by atoms with Crippen molar-refractivity contribution in [3.63, 3.8) is 0 Å². The van der Waals surface area contributed by atoms with Crippen LogP contribution in [0.3, 0.4) is 0 Å². The number of halogens is 2. The summed E-state index contributed by atoms with van der Waals surface area (Å²) in [5.74, 6) is -0.263. The summed E-state index contributed by atoms with van der Waals surface area (Å²) < 4.78 is 14.2. The summed E-state index contributed by atoms with van der Waals surface area (Å²) >= 11 is 4.69. The highest BCUT2D eigenvalue weighted by Gasteiger charge is 2.11. The van der Waals surface area contributed by atoms with Crippen LogP contribution in [0.4, 0.5) is 4.39 Å². The van der Waals surface area contributed by atoms with Gasteiger partial charge >= 0.3 is 0 Å². The Morgan fingerprint density at radius 1 is 1.50 bits per heavy atom. The summed E-state index contributed by atoms with van der Waals surface area (Å²) in [6.07, 6.45) is 0.760. The van der Waals surface area contributed by atoms with Gasteiger partial charge in [0.25, 0.3) is 0 Å². The van der Waals surface area contributed by atoms with Crippen molar-refractivity contribution in [1.29, 1.82) is 0 Å². The summed E-state index contributed by atoms with van der Waals surface area (Å²) in [6, 6.07) is 2.85. The highest BCUT2D eigenvalue weighted by atomic mass is 79.9. The van der Waals surface area contributed by atoms with Gasteiger partial charge in [0, 0.05) is 21.0 Å². The number of fused-ring (bicyclic) bond motifs is 1. The van der Waals surface area contributed by atoms with Gasteiger partial charge in [-0.25, -0.2) is 4.39 Å². The monoisotopic (exact) mass is 272 g/mol. The molecule has 0 fully saturated rings. The van der Waals surface area contributed by atoms with Gasteiger partial charge in [0.1, 0.15) is 5.82 Å². The molecule has 1 aromatic heterocycles. The van der Waals surface area contributed by atoms with Crippen LogP contribution in [0, 0.1) is 5.82 Å². The average molecular weight is 273 g/mol. The smallest absolute Gasteiger partial charge is 0.151 e. The van der Waals surface area contributed by atoms with Crippen molar-refractivity contribution in [3.8, 4) is 0 Å². The van der Waals surface area contributed by atoms with Crippen molar-refractivity contribution in [3.05, 3.63) is 34.5 Å². The van der Waals surface area contributed by atoms with Crippen molar-refractivity contribution >= 4 is 43.6 Å². The quantitative estimate of drug-likeness (QED) is 0.601. The van der Waals surface area contributed by atoms with Crippen LogP contribution in [0.5, 0.6) is 0 Å². The van der Waals surface area contributed by atoms with Crippen LogP contribution >= 0.6 is 27.3 Å². The molecule has 2 aromatic rings. The summed E-state index contributed by atoms with van der Waals surface area (Å²) in [4.78, 5) is 10.7. The minimum atomic E-state index is -0.263.